The molecule has 32 heavy (non-hydrogen) atoms. The summed E-state index contributed by atoms with van der Waals surface area (Å²) in [7, 11) is 0. The van der Waals surface area contributed by atoms with Crippen molar-refractivity contribution in [2.24, 2.45) is 0 Å². The normalized spacial score (nSPS) is 14.1. The van der Waals surface area contributed by atoms with Crippen molar-refractivity contribution in [3.05, 3.63) is 60.4 Å². The molecule has 164 valence electrons. The molecular weight excluding hydrogens is 404 g/mol. The minimum Gasteiger partial charge on any atom is -0.508 e. The number of anilines is 2. The Morgan fingerprint density at radius 3 is 2.62 bits per heavy atom. The van der Waals surface area contributed by atoms with Crippen LogP contribution in [0.25, 0.3) is 22.4 Å². The van der Waals surface area contributed by atoms with E-state index in [9.17, 15) is 5.11 Å². The maximum Gasteiger partial charge on any atom is 0.228 e. The molecular formula is C24H26N6O2. The molecule has 0 saturated carbocycles. The second kappa shape index (κ2) is 8.84. The van der Waals surface area contributed by atoms with E-state index in [1.54, 1.807) is 12.1 Å². The van der Waals surface area contributed by atoms with E-state index < -0.39 is 0 Å². The number of fused-ring (bicyclic) bond motifs is 1. The van der Waals surface area contributed by atoms with Crippen LogP contribution in [0.1, 0.15) is 12.5 Å². The quantitative estimate of drug-likeness (QED) is 0.484. The topological polar surface area (TPSA) is 88.3 Å². The van der Waals surface area contributed by atoms with Gasteiger partial charge in [0.05, 0.1) is 26.1 Å². The molecule has 1 aliphatic heterocycles. The van der Waals surface area contributed by atoms with Gasteiger partial charge in [-0.25, -0.2) is 9.97 Å². The van der Waals surface area contributed by atoms with E-state index in [4.69, 9.17) is 14.7 Å². The molecule has 0 unspecified atom stereocenters. The lowest BCUT2D eigenvalue weighted by atomic mass is 10.1. The zero-order chi connectivity index (χ0) is 21.9. The molecule has 0 bridgehead atoms. The minimum atomic E-state index is 0.197. The van der Waals surface area contributed by atoms with Gasteiger partial charge < -0.3 is 24.6 Å². The van der Waals surface area contributed by atoms with Gasteiger partial charge in [-0.15, -0.1) is 0 Å². The lowest BCUT2D eigenvalue weighted by Gasteiger charge is -2.27. The molecule has 2 N–H and O–H groups in total. The zero-order valence-corrected chi connectivity index (χ0v) is 18.0. The monoisotopic (exact) mass is 430 g/mol. The fourth-order valence-corrected chi connectivity index (χ4v) is 3.94. The van der Waals surface area contributed by atoms with Crippen molar-refractivity contribution >= 4 is 22.8 Å². The first-order valence-corrected chi connectivity index (χ1v) is 10.9. The average molecular weight is 431 g/mol. The molecule has 2 aromatic carbocycles. The molecule has 0 atom stereocenters. The number of nitrogens with zero attached hydrogens (tertiary/aromatic N) is 5. The number of hydrogen-bond donors (Lipinski definition) is 2. The zero-order valence-electron chi connectivity index (χ0n) is 18.0. The third kappa shape index (κ3) is 4.09. The Balaban J connectivity index is 1.58. The van der Waals surface area contributed by atoms with E-state index in [0.717, 1.165) is 47.6 Å². The minimum absolute atomic E-state index is 0.197. The largest absolute Gasteiger partial charge is 0.508 e. The average Bonchev–Trinajstić information content (AvgIpc) is 3.23. The van der Waals surface area contributed by atoms with Gasteiger partial charge in [0.25, 0.3) is 0 Å². The summed E-state index contributed by atoms with van der Waals surface area (Å²) >= 11 is 0. The summed E-state index contributed by atoms with van der Waals surface area (Å²) in [5.41, 5.74) is 5.29. The van der Waals surface area contributed by atoms with Gasteiger partial charge in [-0.2, -0.15) is 4.98 Å². The van der Waals surface area contributed by atoms with Crippen LogP contribution in [0.3, 0.4) is 0 Å². The number of rotatable bonds is 6. The summed E-state index contributed by atoms with van der Waals surface area (Å²) in [6.45, 7) is 6.42. The summed E-state index contributed by atoms with van der Waals surface area (Å²) in [4.78, 5) is 16.5. The van der Waals surface area contributed by atoms with Gasteiger partial charge in [0.15, 0.2) is 5.65 Å². The molecule has 2 aromatic heterocycles. The molecule has 3 heterocycles. The Bertz CT molecular complexity index is 1220. The van der Waals surface area contributed by atoms with Crippen molar-refractivity contribution in [3.8, 4) is 17.0 Å². The standard InChI is InChI=1S/C24H26N6O2/c1-2-25-19-8-6-17(7-9-19)15-30-16-26-22-21(18-4-3-5-20(31)14-18)27-24(28-23(22)30)29-10-12-32-13-11-29/h3-9,14,16,25,31H,2,10-13,15H2,1H3. The van der Waals surface area contributed by atoms with Crippen molar-refractivity contribution in [2.75, 3.05) is 43.1 Å². The molecule has 8 nitrogen and oxygen atoms in total. The third-order valence-corrected chi connectivity index (χ3v) is 5.55. The molecule has 1 aliphatic rings. The van der Waals surface area contributed by atoms with E-state index in [-0.39, 0.29) is 5.75 Å². The molecule has 1 fully saturated rings. The van der Waals surface area contributed by atoms with Crippen LogP contribution < -0.4 is 10.2 Å². The highest BCUT2D eigenvalue weighted by atomic mass is 16.5. The molecule has 5 rings (SSSR count). The number of nitrogens with one attached hydrogen (secondary N) is 1. The van der Waals surface area contributed by atoms with Gasteiger partial charge in [0, 0.05) is 30.9 Å². The second-order valence-electron chi connectivity index (χ2n) is 7.79. The van der Waals surface area contributed by atoms with Crippen LogP contribution in [0, 0.1) is 0 Å². The van der Waals surface area contributed by atoms with E-state index in [2.05, 4.69) is 51.0 Å². The van der Waals surface area contributed by atoms with Crippen LogP contribution in [0.5, 0.6) is 5.75 Å². The summed E-state index contributed by atoms with van der Waals surface area (Å²) in [5, 5.41) is 13.3. The molecule has 0 radical (unpaired) electrons. The van der Waals surface area contributed by atoms with Crippen molar-refractivity contribution in [1.29, 1.82) is 0 Å². The second-order valence-corrected chi connectivity index (χ2v) is 7.79. The lowest BCUT2D eigenvalue weighted by molar-refractivity contribution is 0.122. The Hall–Kier alpha value is -3.65. The molecule has 0 spiro atoms. The highest BCUT2D eigenvalue weighted by Crippen LogP contribution is 2.30. The summed E-state index contributed by atoms with van der Waals surface area (Å²) in [5.74, 6) is 0.853. The maximum absolute atomic E-state index is 10.0. The number of phenols is 1. The van der Waals surface area contributed by atoms with Gasteiger partial charge in [0.1, 0.15) is 17.0 Å². The van der Waals surface area contributed by atoms with E-state index in [1.807, 2.05) is 18.5 Å². The summed E-state index contributed by atoms with van der Waals surface area (Å²) < 4.78 is 7.55. The number of aromatic nitrogens is 4. The maximum atomic E-state index is 10.0. The third-order valence-electron chi connectivity index (χ3n) is 5.55. The Morgan fingerprint density at radius 1 is 1.06 bits per heavy atom. The van der Waals surface area contributed by atoms with Gasteiger partial charge in [0.2, 0.25) is 5.95 Å². The highest BCUT2D eigenvalue weighted by Gasteiger charge is 2.20. The Labute approximate surface area is 186 Å². The fourth-order valence-electron chi connectivity index (χ4n) is 3.94. The summed E-state index contributed by atoms with van der Waals surface area (Å²) in [6, 6.07) is 15.5. The first-order valence-electron chi connectivity index (χ1n) is 10.9. The molecule has 1 saturated heterocycles. The van der Waals surface area contributed by atoms with Crippen molar-refractivity contribution in [1.82, 2.24) is 19.5 Å². The highest BCUT2D eigenvalue weighted by molar-refractivity contribution is 5.88. The van der Waals surface area contributed by atoms with E-state index in [1.165, 1.54) is 0 Å². The van der Waals surface area contributed by atoms with E-state index in [0.29, 0.717) is 31.4 Å². The van der Waals surface area contributed by atoms with Crippen LogP contribution in [0.15, 0.2) is 54.9 Å². The van der Waals surface area contributed by atoms with Gasteiger partial charge in [-0.05, 0) is 36.8 Å². The van der Waals surface area contributed by atoms with Gasteiger partial charge >= 0.3 is 0 Å². The number of ether oxygens (including phenoxy) is 1. The number of hydrogen-bond acceptors (Lipinski definition) is 7. The van der Waals surface area contributed by atoms with Gasteiger partial charge in [-0.3, -0.25) is 0 Å². The lowest BCUT2D eigenvalue weighted by Crippen LogP contribution is -2.37. The molecule has 8 heteroatoms. The predicted molar refractivity (Wildman–Crippen MR) is 125 cm³/mol. The SMILES string of the molecule is CCNc1ccc(Cn2cnc3c(-c4cccc(O)c4)nc(N4CCOCC4)nc32)cc1. The van der Waals surface area contributed by atoms with Crippen LogP contribution >= 0.6 is 0 Å². The number of phenolic OH excluding ortho intramolecular Hbond substituents is 1. The number of benzene rings is 2. The first kappa shape index (κ1) is 20.3. The number of aromatic hydroxyl groups is 1. The van der Waals surface area contributed by atoms with Gasteiger partial charge in [-0.1, -0.05) is 24.3 Å². The molecule has 4 aromatic rings. The van der Waals surface area contributed by atoms with Crippen LogP contribution in [0.4, 0.5) is 11.6 Å². The number of imidazole rings is 1. The smallest absolute Gasteiger partial charge is 0.228 e. The van der Waals surface area contributed by atoms with E-state index >= 15 is 0 Å². The van der Waals surface area contributed by atoms with Crippen molar-refractivity contribution in [2.45, 2.75) is 13.5 Å². The first-order chi connectivity index (χ1) is 15.7. The predicted octanol–water partition coefficient (Wildman–Crippen LogP) is 3.52. The van der Waals surface area contributed by atoms with Crippen LogP contribution in [-0.2, 0) is 11.3 Å². The van der Waals surface area contributed by atoms with Crippen molar-refractivity contribution < 1.29 is 9.84 Å². The van der Waals surface area contributed by atoms with Crippen LogP contribution in [0.2, 0.25) is 0 Å². The molecule has 0 amide bonds. The Kier molecular flexibility index (Phi) is 5.60. The number of morpholine rings is 1. The van der Waals surface area contributed by atoms with Crippen molar-refractivity contribution in [3.63, 3.8) is 0 Å². The molecule has 0 aliphatic carbocycles. The Morgan fingerprint density at radius 2 is 1.88 bits per heavy atom. The summed E-state index contributed by atoms with van der Waals surface area (Å²) in [6.07, 6.45) is 1.81. The fraction of sp³-hybridized carbons (Fsp3) is 0.292. The van der Waals surface area contributed by atoms with Crippen LogP contribution in [-0.4, -0.2) is 57.5 Å².